The van der Waals surface area contributed by atoms with Gasteiger partial charge in [-0.25, -0.2) is 9.67 Å². The highest BCUT2D eigenvalue weighted by Gasteiger charge is 2.23. The van der Waals surface area contributed by atoms with Gasteiger partial charge in [-0.15, -0.1) is 0 Å². The van der Waals surface area contributed by atoms with E-state index in [1.807, 2.05) is 29.9 Å². The molecular formula is C46H58N8O3. The molecule has 11 heteroatoms. The van der Waals surface area contributed by atoms with Crippen molar-refractivity contribution in [3.05, 3.63) is 111 Å². The average Bonchev–Trinajstić information content (AvgIpc) is 3.53. The van der Waals surface area contributed by atoms with Crippen molar-refractivity contribution in [1.29, 1.82) is 0 Å². The smallest absolute Gasteiger partial charge is 0.251 e. The number of fused-ring (bicyclic) bond motifs is 1. The summed E-state index contributed by atoms with van der Waals surface area (Å²) in [4.78, 5) is 37.4. The number of likely N-dealkylation sites (N-methyl/N-ethyl adjacent to an activating group) is 1. The van der Waals surface area contributed by atoms with E-state index >= 15 is 0 Å². The maximum Gasteiger partial charge on any atom is 0.251 e. The van der Waals surface area contributed by atoms with Crippen LogP contribution in [0.3, 0.4) is 0 Å². The molecule has 2 fully saturated rings. The van der Waals surface area contributed by atoms with E-state index in [9.17, 15) is 9.59 Å². The van der Waals surface area contributed by atoms with Gasteiger partial charge in [-0.1, -0.05) is 37.3 Å². The third-order valence-corrected chi connectivity index (χ3v) is 11.4. The van der Waals surface area contributed by atoms with Crippen molar-refractivity contribution in [2.75, 3.05) is 51.8 Å². The molecule has 11 nitrogen and oxygen atoms in total. The molecule has 57 heavy (non-hydrogen) atoms. The number of anilines is 1. The van der Waals surface area contributed by atoms with Gasteiger partial charge in [-0.3, -0.25) is 14.5 Å². The lowest BCUT2D eigenvalue weighted by Crippen LogP contribution is -2.30. The van der Waals surface area contributed by atoms with Crippen LogP contribution in [-0.4, -0.2) is 88.9 Å². The molecule has 0 spiro atoms. The molecule has 2 aromatic heterocycles. The first-order valence-electron chi connectivity index (χ1n) is 20.7. The SMILES string of the molecule is CCc1nc2c(cnn2CC)c(NC2CCOCC2)c1CNC(=O)c1cc(C)cc(C(=O)NCc2ccc(C)c(-c3cccc(CN4CCCN(C)CC4)c3)c2)c1. The normalized spacial score (nSPS) is 15.7. The lowest BCUT2D eigenvalue weighted by atomic mass is 9.96. The summed E-state index contributed by atoms with van der Waals surface area (Å²) in [7, 11) is 2.20. The first-order chi connectivity index (χ1) is 27.7. The molecule has 0 aliphatic carbocycles. The van der Waals surface area contributed by atoms with Crippen LogP contribution in [0, 0.1) is 13.8 Å². The summed E-state index contributed by atoms with van der Waals surface area (Å²) in [5.41, 5.74) is 11.3. The van der Waals surface area contributed by atoms with Gasteiger partial charge in [-0.05, 0) is 130 Å². The summed E-state index contributed by atoms with van der Waals surface area (Å²) in [6, 6.07) is 20.8. The fraction of sp³-hybridized carbons (Fsp3) is 0.435. The van der Waals surface area contributed by atoms with Gasteiger partial charge >= 0.3 is 0 Å². The largest absolute Gasteiger partial charge is 0.381 e. The second-order valence-electron chi connectivity index (χ2n) is 15.7. The van der Waals surface area contributed by atoms with E-state index in [0.29, 0.717) is 43.9 Å². The third kappa shape index (κ3) is 9.72. The number of amides is 2. The van der Waals surface area contributed by atoms with Crippen LogP contribution in [0.15, 0.2) is 66.9 Å². The van der Waals surface area contributed by atoms with Crippen molar-refractivity contribution in [2.45, 2.75) is 85.6 Å². The van der Waals surface area contributed by atoms with E-state index in [2.05, 4.69) is 101 Å². The Morgan fingerprint density at radius 3 is 2.39 bits per heavy atom. The number of ether oxygens (including phenoxy) is 1. The summed E-state index contributed by atoms with van der Waals surface area (Å²) in [6.45, 7) is 16.4. The molecule has 2 saturated heterocycles. The van der Waals surface area contributed by atoms with Crippen LogP contribution in [0.1, 0.15) is 87.3 Å². The molecule has 3 N–H and O–H groups in total. The lowest BCUT2D eigenvalue weighted by molar-refractivity contribution is 0.0904. The zero-order valence-corrected chi connectivity index (χ0v) is 34.3. The fourth-order valence-corrected chi connectivity index (χ4v) is 8.14. The van der Waals surface area contributed by atoms with Crippen molar-refractivity contribution in [3.63, 3.8) is 0 Å². The highest BCUT2D eigenvalue weighted by Crippen LogP contribution is 2.32. The number of aryl methyl sites for hydroxylation is 4. The maximum atomic E-state index is 13.8. The zero-order chi connectivity index (χ0) is 39.9. The van der Waals surface area contributed by atoms with E-state index in [1.54, 1.807) is 6.07 Å². The summed E-state index contributed by atoms with van der Waals surface area (Å²) in [6.07, 6.45) is 5.58. The number of carbonyl (C=O) groups is 2. The molecule has 0 unspecified atom stereocenters. The van der Waals surface area contributed by atoms with Crippen LogP contribution in [0.5, 0.6) is 0 Å². The van der Waals surface area contributed by atoms with Crippen molar-refractivity contribution in [1.82, 2.24) is 35.2 Å². The number of pyridine rings is 1. The monoisotopic (exact) mass is 770 g/mol. The van der Waals surface area contributed by atoms with Crippen molar-refractivity contribution in [2.24, 2.45) is 0 Å². The Kier molecular flexibility index (Phi) is 13.0. The van der Waals surface area contributed by atoms with Gasteiger partial charge in [-0.2, -0.15) is 5.10 Å². The quantitative estimate of drug-likeness (QED) is 0.119. The molecule has 300 valence electrons. The minimum atomic E-state index is -0.246. The third-order valence-electron chi connectivity index (χ3n) is 11.4. The number of nitrogens with zero attached hydrogens (tertiary/aromatic N) is 5. The highest BCUT2D eigenvalue weighted by molar-refractivity contribution is 6.00. The molecule has 0 atom stereocenters. The van der Waals surface area contributed by atoms with Gasteiger partial charge in [0.25, 0.3) is 11.8 Å². The van der Waals surface area contributed by atoms with Gasteiger partial charge in [0.1, 0.15) is 0 Å². The Bertz CT molecular complexity index is 2210. The average molecular weight is 771 g/mol. The topological polar surface area (TPSA) is 117 Å². The molecular weight excluding hydrogens is 713 g/mol. The Morgan fingerprint density at radius 2 is 1.63 bits per heavy atom. The van der Waals surface area contributed by atoms with Crippen molar-refractivity contribution >= 4 is 28.5 Å². The Morgan fingerprint density at radius 1 is 0.860 bits per heavy atom. The minimum Gasteiger partial charge on any atom is -0.381 e. The van der Waals surface area contributed by atoms with Crippen LogP contribution in [0.2, 0.25) is 0 Å². The van der Waals surface area contributed by atoms with Crippen molar-refractivity contribution in [3.8, 4) is 11.1 Å². The standard InChI is InChI=1S/C46H58N8O3/c1-6-42-40(43(50-38-14-20-57-21-15-38)41-29-49-54(7-2)44(41)51-42)28-48-46(56)37-23-31(3)22-36(26-37)45(55)47-27-33-13-12-32(4)39(25-33)35-11-8-10-34(24-35)30-53-17-9-16-52(5)18-19-53/h8,10-13,22-26,29,38H,6-7,9,14-21,27-28,30H2,1-5H3,(H,47,55)(H,48,56)(H,50,51). The molecule has 0 saturated carbocycles. The Labute approximate surface area is 337 Å². The summed E-state index contributed by atoms with van der Waals surface area (Å²) in [5.74, 6) is -0.469. The van der Waals surface area contributed by atoms with Crippen molar-refractivity contribution < 1.29 is 14.3 Å². The first kappa shape index (κ1) is 40.1. The van der Waals surface area contributed by atoms with Crippen LogP contribution < -0.4 is 16.0 Å². The number of rotatable bonds is 13. The molecule has 0 radical (unpaired) electrons. The predicted molar refractivity (Wildman–Crippen MR) is 228 cm³/mol. The summed E-state index contributed by atoms with van der Waals surface area (Å²) < 4.78 is 7.54. The van der Waals surface area contributed by atoms with E-state index in [-0.39, 0.29) is 24.4 Å². The number of benzene rings is 3. The molecule has 2 aliphatic rings. The molecule has 2 amide bonds. The second-order valence-corrected chi connectivity index (χ2v) is 15.7. The van der Waals surface area contributed by atoms with Crippen LogP contribution in [0.25, 0.3) is 22.2 Å². The van der Waals surface area contributed by atoms with Crippen LogP contribution in [-0.2, 0) is 37.3 Å². The summed E-state index contributed by atoms with van der Waals surface area (Å²) in [5, 5.41) is 15.6. The van der Waals surface area contributed by atoms with Gasteiger partial charge < -0.3 is 25.6 Å². The highest BCUT2D eigenvalue weighted by atomic mass is 16.5. The van der Waals surface area contributed by atoms with Gasteiger partial charge in [0, 0.05) is 80.9 Å². The maximum absolute atomic E-state index is 13.8. The number of nitrogens with one attached hydrogen (secondary N) is 3. The second kappa shape index (κ2) is 18.4. The Hall–Kier alpha value is -5.10. The lowest BCUT2D eigenvalue weighted by Gasteiger charge is -2.26. The fourth-order valence-electron chi connectivity index (χ4n) is 8.14. The number of hydrogen-bond acceptors (Lipinski definition) is 8. The minimum absolute atomic E-state index is 0.223. The molecule has 0 bridgehead atoms. The van der Waals surface area contributed by atoms with E-state index < -0.39 is 0 Å². The molecule has 2 aliphatic heterocycles. The van der Waals surface area contributed by atoms with E-state index in [4.69, 9.17) is 9.72 Å². The van der Waals surface area contributed by atoms with Gasteiger partial charge in [0.05, 0.1) is 17.3 Å². The van der Waals surface area contributed by atoms with E-state index in [0.717, 1.165) is 84.7 Å². The molecule has 5 aromatic rings. The van der Waals surface area contributed by atoms with E-state index in [1.165, 1.54) is 28.7 Å². The number of aromatic nitrogens is 3. The summed E-state index contributed by atoms with van der Waals surface area (Å²) >= 11 is 0. The molecule has 3 aromatic carbocycles. The van der Waals surface area contributed by atoms with Gasteiger partial charge in [0.2, 0.25) is 0 Å². The first-order valence-corrected chi connectivity index (χ1v) is 20.7. The predicted octanol–water partition coefficient (Wildman–Crippen LogP) is 6.89. The van der Waals surface area contributed by atoms with Crippen LogP contribution in [0.4, 0.5) is 5.69 Å². The zero-order valence-electron chi connectivity index (χ0n) is 34.3. The van der Waals surface area contributed by atoms with Crippen LogP contribution >= 0.6 is 0 Å². The van der Waals surface area contributed by atoms with Gasteiger partial charge in [0.15, 0.2) is 5.65 Å². The number of carbonyl (C=O) groups excluding carboxylic acids is 2. The molecule has 7 rings (SSSR count). The number of hydrogen-bond donors (Lipinski definition) is 3. The Balaban J connectivity index is 1.03. The molecule has 4 heterocycles.